The summed E-state index contributed by atoms with van der Waals surface area (Å²) in [5.74, 6) is 1.18. The molecular weight excluding hydrogens is 372 g/mol. The van der Waals surface area contributed by atoms with Crippen LogP contribution in [-0.2, 0) is 9.53 Å². The summed E-state index contributed by atoms with van der Waals surface area (Å²) in [4.78, 5) is 12.5. The monoisotopic (exact) mass is 416 g/mol. The predicted molar refractivity (Wildman–Crippen MR) is 125 cm³/mol. The van der Waals surface area contributed by atoms with E-state index in [0.717, 1.165) is 37.9 Å². The molecule has 1 saturated carbocycles. The average Bonchev–Trinajstić information content (AvgIpc) is 2.73. The number of unbranched alkanes of at least 4 members (excludes halogenated alkanes) is 8. The lowest BCUT2D eigenvalue weighted by atomic mass is 9.81. The molecule has 0 unspecified atom stereocenters. The van der Waals surface area contributed by atoms with Crippen molar-refractivity contribution in [1.82, 2.24) is 0 Å². The van der Waals surface area contributed by atoms with Crippen LogP contribution in [0.2, 0.25) is 0 Å². The summed E-state index contributed by atoms with van der Waals surface area (Å²) in [5, 5.41) is 0. The fourth-order valence-electron chi connectivity index (χ4n) is 4.55. The Labute approximate surface area is 184 Å². The van der Waals surface area contributed by atoms with Crippen LogP contribution >= 0.6 is 0 Å². The molecule has 0 bridgehead atoms. The van der Waals surface area contributed by atoms with Gasteiger partial charge < -0.3 is 9.47 Å². The zero-order valence-electron chi connectivity index (χ0n) is 19.7. The van der Waals surface area contributed by atoms with Gasteiger partial charge in [0.05, 0.1) is 6.10 Å². The van der Waals surface area contributed by atoms with Crippen LogP contribution in [0.4, 0.5) is 0 Å². The number of carbonyl (C=O) groups excluding carboxylic acids is 1. The van der Waals surface area contributed by atoms with Crippen LogP contribution in [0.1, 0.15) is 122 Å². The van der Waals surface area contributed by atoms with Crippen LogP contribution in [0.5, 0.6) is 5.75 Å². The molecule has 2 rings (SSSR count). The van der Waals surface area contributed by atoms with E-state index in [1.54, 1.807) is 0 Å². The first-order valence-electron chi connectivity index (χ1n) is 12.6. The predicted octanol–water partition coefficient (Wildman–Crippen LogP) is 7.96. The van der Waals surface area contributed by atoms with Crippen LogP contribution in [0.25, 0.3) is 0 Å². The van der Waals surface area contributed by atoms with E-state index >= 15 is 0 Å². The number of benzene rings is 1. The van der Waals surface area contributed by atoms with E-state index in [-0.39, 0.29) is 24.1 Å². The molecule has 170 valence electrons. The van der Waals surface area contributed by atoms with Crippen LogP contribution in [0.3, 0.4) is 0 Å². The largest absolute Gasteiger partial charge is 0.491 e. The minimum atomic E-state index is -0.0166. The van der Waals surface area contributed by atoms with Gasteiger partial charge in [0, 0.05) is 17.9 Å². The third-order valence-corrected chi connectivity index (χ3v) is 6.15. The van der Waals surface area contributed by atoms with Gasteiger partial charge in [0.1, 0.15) is 11.9 Å². The first-order chi connectivity index (χ1) is 14.6. The highest BCUT2D eigenvalue weighted by molar-refractivity contribution is 5.69. The molecule has 30 heavy (non-hydrogen) atoms. The van der Waals surface area contributed by atoms with Gasteiger partial charge in [0.2, 0.25) is 0 Å². The molecule has 2 atom stereocenters. The summed E-state index contributed by atoms with van der Waals surface area (Å²) in [6, 6.07) is 8.28. The van der Waals surface area contributed by atoms with E-state index in [1.807, 2.05) is 12.1 Å². The summed E-state index contributed by atoms with van der Waals surface area (Å²) < 4.78 is 12.0. The lowest BCUT2D eigenvalue weighted by Crippen LogP contribution is -2.29. The first kappa shape index (κ1) is 24.8. The summed E-state index contributed by atoms with van der Waals surface area (Å²) in [6.45, 7) is 6.37. The zero-order chi connectivity index (χ0) is 21.6. The molecule has 0 aliphatic heterocycles. The Hall–Kier alpha value is -1.51. The molecule has 1 aliphatic carbocycles. The first-order valence-corrected chi connectivity index (χ1v) is 12.6. The minimum Gasteiger partial charge on any atom is -0.491 e. The molecule has 1 aromatic rings. The van der Waals surface area contributed by atoms with Crippen molar-refractivity contribution in [3.8, 4) is 5.75 Å². The molecular formula is C27H44O3. The number of ether oxygens (including phenoxy) is 2. The molecule has 0 aromatic heterocycles. The second kappa shape index (κ2) is 14.5. The number of hydrogen-bond donors (Lipinski definition) is 0. The van der Waals surface area contributed by atoms with Gasteiger partial charge in [-0.05, 0) is 45.6 Å². The van der Waals surface area contributed by atoms with Crippen LogP contribution in [0.15, 0.2) is 24.3 Å². The van der Waals surface area contributed by atoms with Crippen LogP contribution in [-0.4, -0.2) is 18.2 Å². The van der Waals surface area contributed by atoms with Crippen molar-refractivity contribution in [2.75, 3.05) is 0 Å². The molecule has 3 heteroatoms. The van der Waals surface area contributed by atoms with Crippen molar-refractivity contribution in [2.24, 2.45) is 0 Å². The van der Waals surface area contributed by atoms with Gasteiger partial charge >= 0.3 is 5.97 Å². The van der Waals surface area contributed by atoms with Gasteiger partial charge in [-0.15, -0.1) is 0 Å². The van der Waals surface area contributed by atoms with Crippen molar-refractivity contribution >= 4 is 5.97 Å². The van der Waals surface area contributed by atoms with Crippen LogP contribution < -0.4 is 4.74 Å². The van der Waals surface area contributed by atoms with Gasteiger partial charge in [0.15, 0.2) is 0 Å². The molecule has 0 N–H and O–H groups in total. The summed E-state index contributed by atoms with van der Waals surface area (Å²) in [5.41, 5.74) is 1.20. The van der Waals surface area contributed by atoms with Gasteiger partial charge in [-0.1, -0.05) is 82.9 Å². The Bertz CT molecular complexity index is 596. The van der Waals surface area contributed by atoms with E-state index in [9.17, 15) is 4.79 Å². The summed E-state index contributed by atoms with van der Waals surface area (Å²) in [6.07, 6.45) is 16.4. The van der Waals surface area contributed by atoms with E-state index in [4.69, 9.17) is 9.47 Å². The second-order valence-corrected chi connectivity index (χ2v) is 9.20. The number of rotatable bonds is 14. The lowest BCUT2D eigenvalue weighted by molar-refractivity contribution is -0.151. The van der Waals surface area contributed by atoms with E-state index in [1.165, 1.54) is 56.9 Å². The molecule has 3 nitrogen and oxygen atoms in total. The topological polar surface area (TPSA) is 35.5 Å². The van der Waals surface area contributed by atoms with E-state index in [2.05, 4.69) is 32.9 Å². The Morgan fingerprint density at radius 1 is 0.933 bits per heavy atom. The quantitative estimate of drug-likeness (QED) is 0.228. The SMILES string of the molecule is CCCCCCCCCCCC(=O)O[C@@H]1CCCC[C@H]1c1ccccc1OC(C)C. The Balaban J connectivity index is 1.76. The summed E-state index contributed by atoms with van der Waals surface area (Å²) >= 11 is 0. The highest BCUT2D eigenvalue weighted by Gasteiger charge is 2.31. The fourth-order valence-corrected chi connectivity index (χ4v) is 4.55. The normalized spacial score (nSPS) is 19.1. The fraction of sp³-hybridized carbons (Fsp3) is 0.741. The molecule has 0 spiro atoms. The Kier molecular flexibility index (Phi) is 12.0. The second-order valence-electron chi connectivity index (χ2n) is 9.20. The standard InChI is InChI=1S/C27H44O3/c1-4-5-6-7-8-9-10-11-12-21-27(28)30-26-20-16-14-18-24(26)23-17-13-15-19-25(23)29-22(2)3/h13,15,17,19,22,24,26H,4-12,14,16,18,20-21H2,1-3H3/t24-,26+/m0/s1. The summed E-state index contributed by atoms with van der Waals surface area (Å²) in [7, 11) is 0. The third-order valence-electron chi connectivity index (χ3n) is 6.15. The Morgan fingerprint density at radius 3 is 2.27 bits per heavy atom. The highest BCUT2D eigenvalue weighted by Crippen LogP contribution is 2.39. The van der Waals surface area contributed by atoms with Crippen LogP contribution in [0, 0.1) is 0 Å². The zero-order valence-corrected chi connectivity index (χ0v) is 19.7. The van der Waals surface area contributed by atoms with Crippen molar-refractivity contribution in [3.05, 3.63) is 29.8 Å². The Morgan fingerprint density at radius 2 is 1.57 bits per heavy atom. The van der Waals surface area contributed by atoms with E-state index in [0.29, 0.717) is 6.42 Å². The molecule has 0 saturated heterocycles. The lowest BCUT2D eigenvalue weighted by Gasteiger charge is -2.32. The van der Waals surface area contributed by atoms with Gasteiger partial charge in [0.25, 0.3) is 0 Å². The number of hydrogen-bond acceptors (Lipinski definition) is 3. The number of para-hydroxylation sites is 1. The van der Waals surface area contributed by atoms with Crippen molar-refractivity contribution in [3.63, 3.8) is 0 Å². The van der Waals surface area contributed by atoms with Gasteiger partial charge in [-0.2, -0.15) is 0 Å². The molecule has 0 heterocycles. The van der Waals surface area contributed by atoms with Gasteiger partial charge in [-0.25, -0.2) is 0 Å². The van der Waals surface area contributed by atoms with Crippen molar-refractivity contribution < 1.29 is 14.3 Å². The maximum atomic E-state index is 12.5. The van der Waals surface area contributed by atoms with Crippen molar-refractivity contribution in [2.45, 2.75) is 129 Å². The maximum Gasteiger partial charge on any atom is 0.306 e. The van der Waals surface area contributed by atoms with Crippen molar-refractivity contribution in [1.29, 1.82) is 0 Å². The third kappa shape index (κ3) is 9.10. The van der Waals surface area contributed by atoms with E-state index < -0.39 is 0 Å². The molecule has 0 radical (unpaired) electrons. The highest BCUT2D eigenvalue weighted by atomic mass is 16.5. The molecule has 1 aromatic carbocycles. The van der Waals surface area contributed by atoms with Gasteiger partial charge in [-0.3, -0.25) is 4.79 Å². The number of carbonyl (C=O) groups is 1. The average molecular weight is 417 g/mol. The number of esters is 1. The maximum absolute atomic E-state index is 12.5. The smallest absolute Gasteiger partial charge is 0.306 e. The molecule has 1 fully saturated rings. The minimum absolute atomic E-state index is 0.0123. The molecule has 0 amide bonds. The molecule has 1 aliphatic rings.